The first kappa shape index (κ1) is 15.2. The average Bonchev–Trinajstić information content (AvgIpc) is 2.11. The first-order valence-electron chi connectivity index (χ1n) is 5.61. The average molecular weight is 230 g/mol. The Balaban J connectivity index is 3.73. The molecule has 0 fully saturated rings. The molecule has 0 heterocycles. The van der Waals surface area contributed by atoms with Gasteiger partial charge >= 0.3 is 0 Å². The van der Waals surface area contributed by atoms with Crippen molar-refractivity contribution in [3.05, 3.63) is 0 Å². The fourth-order valence-electron chi connectivity index (χ4n) is 1.12. The van der Waals surface area contributed by atoms with E-state index in [0.717, 1.165) is 19.7 Å². The second-order valence-electron chi connectivity index (χ2n) is 4.94. The van der Waals surface area contributed by atoms with Crippen molar-refractivity contribution in [1.82, 2.24) is 10.2 Å². The van der Waals surface area contributed by atoms with Crippen LogP contribution < -0.4 is 11.1 Å². The Hall–Kier alpha value is -0.810. The molecule has 0 atom stereocenters. The number of aliphatic imine (C=N–C) groups is 1. The zero-order chi connectivity index (χ0) is 12.6. The Morgan fingerprint density at radius 2 is 2.00 bits per heavy atom. The molecule has 3 N–H and O–H groups in total. The van der Waals surface area contributed by atoms with Gasteiger partial charge in [0.1, 0.15) is 0 Å². The maximum Gasteiger partial charge on any atom is 0.189 e. The van der Waals surface area contributed by atoms with Crippen LogP contribution in [0.25, 0.3) is 0 Å². The minimum atomic E-state index is -0.0322. The Labute approximate surface area is 99.0 Å². The summed E-state index contributed by atoms with van der Waals surface area (Å²) in [5.41, 5.74) is 5.71. The third-order valence-electron chi connectivity index (χ3n) is 1.94. The fraction of sp³-hybridized carbons (Fsp3) is 0.909. The highest BCUT2D eigenvalue weighted by atomic mass is 16.5. The molecule has 16 heavy (non-hydrogen) atoms. The molecular formula is C11H26N4O. The van der Waals surface area contributed by atoms with Crippen LogP contribution in [0.5, 0.6) is 0 Å². The molecule has 0 amide bonds. The smallest absolute Gasteiger partial charge is 0.189 e. The van der Waals surface area contributed by atoms with Gasteiger partial charge in [-0.15, -0.1) is 0 Å². The van der Waals surface area contributed by atoms with E-state index in [2.05, 4.69) is 36.0 Å². The lowest BCUT2D eigenvalue weighted by molar-refractivity contribution is 0.163. The van der Waals surface area contributed by atoms with Gasteiger partial charge in [0.25, 0.3) is 0 Å². The summed E-state index contributed by atoms with van der Waals surface area (Å²) in [5, 5.41) is 3.12. The van der Waals surface area contributed by atoms with E-state index in [1.807, 2.05) is 7.05 Å². The molecule has 0 radical (unpaired) electrons. The molecule has 0 aliphatic carbocycles. The van der Waals surface area contributed by atoms with Gasteiger partial charge in [0, 0.05) is 25.7 Å². The van der Waals surface area contributed by atoms with Gasteiger partial charge < -0.3 is 20.7 Å². The third kappa shape index (κ3) is 9.73. The first-order valence-corrected chi connectivity index (χ1v) is 5.61. The number of rotatable bonds is 6. The van der Waals surface area contributed by atoms with Crippen molar-refractivity contribution in [2.75, 3.05) is 40.4 Å². The minimum Gasteiger partial charge on any atom is -0.383 e. The minimum absolute atomic E-state index is 0.0322. The molecule has 0 bridgehead atoms. The molecule has 0 aliphatic heterocycles. The lowest BCUT2D eigenvalue weighted by Crippen LogP contribution is -2.45. The van der Waals surface area contributed by atoms with E-state index in [1.54, 1.807) is 7.11 Å². The van der Waals surface area contributed by atoms with Crippen LogP contribution in [0, 0.1) is 0 Å². The topological polar surface area (TPSA) is 62.9 Å². The Kier molecular flexibility index (Phi) is 7.08. The highest BCUT2D eigenvalue weighted by molar-refractivity contribution is 5.78. The Bertz CT molecular complexity index is 211. The van der Waals surface area contributed by atoms with Gasteiger partial charge in [-0.05, 0) is 27.8 Å². The predicted molar refractivity (Wildman–Crippen MR) is 68.8 cm³/mol. The van der Waals surface area contributed by atoms with E-state index < -0.39 is 0 Å². The maximum absolute atomic E-state index is 5.74. The van der Waals surface area contributed by atoms with Crippen LogP contribution >= 0.6 is 0 Å². The number of nitrogens with zero attached hydrogens (tertiary/aromatic N) is 2. The molecule has 0 unspecified atom stereocenters. The number of hydrogen-bond donors (Lipinski definition) is 2. The Morgan fingerprint density at radius 3 is 2.50 bits per heavy atom. The molecule has 5 heteroatoms. The molecule has 0 spiro atoms. The molecule has 0 saturated carbocycles. The number of methoxy groups -OCH3 is 1. The fourth-order valence-corrected chi connectivity index (χ4v) is 1.12. The molecule has 0 rings (SSSR count). The number of nitrogens with one attached hydrogen (secondary N) is 1. The van der Waals surface area contributed by atoms with Crippen LogP contribution in [0.3, 0.4) is 0 Å². The lowest BCUT2D eigenvalue weighted by Gasteiger charge is -2.21. The van der Waals surface area contributed by atoms with Crippen molar-refractivity contribution in [3.8, 4) is 0 Å². The SMILES string of the molecule is COCCN(C)CCN=C(N)NC(C)(C)C. The summed E-state index contributed by atoms with van der Waals surface area (Å²) in [5.74, 6) is 0.507. The number of likely N-dealkylation sites (N-methyl/N-ethyl adjacent to an activating group) is 1. The van der Waals surface area contributed by atoms with E-state index in [9.17, 15) is 0 Å². The van der Waals surface area contributed by atoms with Gasteiger partial charge in [-0.3, -0.25) is 4.99 Å². The van der Waals surface area contributed by atoms with Crippen molar-refractivity contribution >= 4 is 5.96 Å². The molecule has 5 nitrogen and oxygen atoms in total. The van der Waals surface area contributed by atoms with Crippen LogP contribution in [-0.2, 0) is 4.74 Å². The van der Waals surface area contributed by atoms with Crippen molar-refractivity contribution in [1.29, 1.82) is 0 Å². The summed E-state index contributed by atoms with van der Waals surface area (Å²) in [7, 11) is 3.75. The molecule has 0 aliphatic rings. The molecular weight excluding hydrogens is 204 g/mol. The van der Waals surface area contributed by atoms with E-state index in [-0.39, 0.29) is 5.54 Å². The summed E-state index contributed by atoms with van der Waals surface area (Å²) in [6, 6.07) is 0. The van der Waals surface area contributed by atoms with E-state index in [4.69, 9.17) is 10.5 Å². The molecule has 0 aromatic carbocycles. The lowest BCUT2D eigenvalue weighted by atomic mass is 10.1. The summed E-state index contributed by atoms with van der Waals surface area (Å²) in [4.78, 5) is 6.42. The van der Waals surface area contributed by atoms with Gasteiger partial charge in [-0.25, -0.2) is 0 Å². The summed E-state index contributed by atoms with van der Waals surface area (Å²) < 4.78 is 4.99. The maximum atomic E-state index is 5.74. The quantitative estimate of drug-likeness (QED) is 0.508. The highest BCUT2D eigenvalue weighted by Gasteiger charge is 2.09. The summed E-state index contributed by atoms with van der Waals surface area (Å²) in [6.07, 6.45) is 0. The summed E-state index contributed by atoms with van der Waals surface area (Å²) >= 11 is 0. The normalized spacial score (nSPS) is 13.2. The van der Waals surface area contributed by atoms with E-state index in [0.29, 0.717) is 12.5 Å². The number of hydrogen-bond acceptors (Lipinski definition) is 3. The number of nitrogens with two attached hydrogens (primary N) is 1. The monoisotopic (exact) mass is 230 g/mol. The van der Waals surface area contributed by atoms with Gasteiger partial charge in [-0.2, -0.15) is 0 Å². The molecule has 0 aromatic rings. The van der Waals surface area contributed by atoms with Gasteiger partial charge in [0.05, 0.1) is 13.2 Å². The zero-order valence-corrected chi connectivity index (χ0v) is 11.2. The van der Waals surface area contributed by atoms with Crippen molar-refractivity contribution in [3.63, 3.8) is 0 Å². The predicted octanol–water partition coefficient (Wildman–Crippen LogP) is 0.267. The third-order valence-corrected chi connectivity index (χ3v) is 1.94. The van der Waals surface area contributed by atoms with Gasteiger partial charge in [0.15, 0.2) is 5.96 Å². The molecule has 96 valence electrons. The van der Waals surface area contributed by atoms with Crippen LogP contribution in [0.15, 0.2) is 4.99 Å². The largest absolute Gasteiger partial charge is 0.383 e. The van der Waals surface area contributed by atoms with E-state index in [1.165, 1.54) is 0 Å². The van der Waals surface area contributed by atoms with Crippen molar-refractivity contribution < 1.29 is 4.74 Å². The zero-order valence-electron chi connectivity index (χ0n) is 11.2. The second-order valence-corrected chi connectivity index (χ2v) is 4.94. The van der Waals surface area contributed by atoms with Crippen LogP contribution in [0.2, 0.25) is 0 Å². The highest BCUT2D eigenvalue weighted by Crippen LogP contribution is 1.96. The summed E-state index contributed by atoms with van der Waals surface area (Å²) in [6.45, 7) is 9.42. The Morgan fingerprint density at radius 1 is 1.38 bits per heavy atom. The van der Waals surface area contributed by atoms with Gasteiger partial charge in [0.2, 0.25) is 0 Å². The van der Waals surface area contributed by atoms with Crippen LogP contribution in [0.4, 0.5) is 0 Å². The number of guanidine groups is 1. The molecule has 0 saturated heterocycles. The van der Waals surface area contributed by atoms with Crippen molar-refractivity contribution in [2.45, 2.75) is 26.3 Å². The van der Waals surface area contributed by atoms with Crippen LogP contribution in [0.1, 0.15) is 20.8 Å². The van der Waals surface area contributed by atoms with Crippen LogP contribution in [-0.4, -0.2) is 56.8 Å². The van der Waals surface area contributed by atoms with Crippen molar-refractivity contribution in [2.24, 2.45) is 10.7 Å². The van der Waals surface area contributed by atoms with E-state index >= 15 is 0 Å². The second kappa shape index (κ2) is 7.46. The number of ether oxygens (including phenoxy) is 1. The van der Waals surface area contributed by atoms with Gasteiger partial charge in [-0.1, -0.05) is 0 Å². The first-order chi connectivity index (χ1) is 7.35. The standard InChI is InChI=1S/C11H26N4O/c1-11(2,3)14-10(12)13-6-7-15(4)8-9-16-5/h6-9H2,1-5H3,(H3,12,13,14). The molecule has 0 aromatic heterocycles.